The van der Waals surface area contributed by atoms with Gasteiger partial charge in [0.05, 0.1) is 12.4 Å². The summed E-state index contributed by atoms with van der Waals surface area (Å²) in [6, 6.07) is 0. The van der Waals surface area contributed by atoms with Crippen molar-refractivity contribution in [3.63, 3.8) is 0 Å². The van der Waals surface area contributed by atoms with Crippen molar-refractivity contribution in [3.8, 4) is 0 Å². The zero-order valence-electron chi connectivity index (χ0n) is 7.96. The fourth-order valence-electron chi connectivity index (χ4n) is 1.17. The van der Waals surface area contributed by atoms with E-state index in [9.17, 15) is 0 Å². The van der Waals surface area contributed by atoms with Gasteiger partial charge < -0.3 is 10.6 Å². The van der Waals surface area contributed by atoms with Crippen LogP contribution >= 0.6 is 0 Å². The van der Waals surface area contributed by atoms with Gasteiger partial charge in [0.15, 0.2) is 0 Å². The van der Waals surface area contributed by atoms with Crippen LogP contribution in [0.5, 0.6) is 0 Å². The van der Waals surface area contributed by atoms with Gasteiger partial charge in [-0.2, -0.15) is 0 Å². The van der Waals surface area contributed by atoms with Crippen LogP contribution in [0.25, 0.3) is 0 Å². The van der Waals surface area contributed by atoms with Crippen molar-refractivity contribution < 1.29 is 0 Å². The molecule has 70 valence electrons. The first-order valence-electron chi connectivity index (χ1n) is 4.50. The van der Waals surface area contributed by atoms with E-state index in [0.29, 0.717) is 0 Å². The first-order chi connectivity index (χ1) is 6.22. The Labute approximate surface area is 77.8 Å². The summed E-state index contributed by atoms with van der Waals surface area (Å²) in [5.41, 5.74) is 0.265. The van der Waals surface area contributed by atoms with Gasteiger partial charge in [-0.05, 0) is 19.8 Å². The van der Waals surface area contributed by atoms with Crippen molar-refractivity contribution in [1.29, 1.82) is 0 Å². The Kier molecular flexibility index (Phi) is 1.83. The van der Waals surface area contributed by atoms with Crippen LogP contribution in [0.2, 0.25) is 0 Å². The highest BCUT2D eigenvalue weighted by Crippen LogP contribution is 2.37. The van der Waals surface area contributed by atoms with Gasteiger partial charge in [0, 0.05) is 12.6 Å². The molecular formula is C9H14N4. The van der Waals surface area contributed by atoms with Crippen molar-refractivity contribution in [2.24, 2.45) is 0 Å². The largest absolute Gasteiger partial charge is 0.372 e. The molecule has 4 nitrogen and oxygen atoms in total. The Hall–Kier alpha value is -1.32. The highest BCUT2D eigenvalue weighted by atomic mass is 15.1. The van der Waals surface area contributed by atoms with Crippen LogP contribution in [0.1, 0.15) is 19.8 Å². The van der Waals surface area contributed by atoms with Gasteiger partial charge in [0.1, 0.15) is 11.6 Å². The molecule has 0 aromatic carbocycles. The van der Waals surface area contributed by atoms with Crippen LogP contribution in [0, 0.1) is 0 Å². The van der Waals surface area contributed by atoms with Gasteiger partial charge in [-0.3, -0.25) is 4.98 Å². The summed E-state index contributed by atoms with van der Waals surface area (Å²) in [7, 11) is 1.84. The molecule has 1 fully saturated rings. The third kappa shape index (κ3) is 1.88. The van der Waals surface area contributed by atoms with Crippen molar-refractivity contribution in [1.82, 2.24) is 9.97 Å². The van der Waals surface area contributed by atoms with E-state index < -0.39 is 0 Å². The van der Waals surface area contributed by atoms with E-state index >= 15 is 0 Å². The number of anilines is 2. The number of rotatable bonds is 3. The summed E-state index contributed by atoms with van der Waals surface area (Å²) < 4.78 is 0. The molecular weight excluding hydrogens is 164 g/mol. The van der Waals surface area contributed by atoms with Gasteiger partial charge >= 0.3 is 0 Å². The molecule has 1 heterocycles. The van der Waals surface area contributed by atoms with Gasteiger partial charge in [0.2, 0.25) is 0 Å². The third-order valence-corrected chi connectivity index (χ3v) is 2.32. The van der Waals surface area contributed by atoms with Crippen LogP contribution in [-0.4, -0.2) is 22.6 Å². The van der Waals surface area contributed by atoms with E-state index in [1.165, 1.54) is 12.8 Å². The lowest BCUT2D eigenvalue weighted by Gasteiger charge is -2.11. The Morgan fingerprint density at radius 3 is 2.62 bits per heavy atom. The van der Waals surface area contributed by atoms with Crippen molar-refractivity contribution in [2.45, 2.75) is 25.3 Å². The maximum absolute atomic E-state index is 4.33. The second-order valence-corrected chi connectivity index (χ2v) is 3.73. The Morgan fingerprint density at radius 1 is 1.31 bits per heavy atom. The summed E-state index contributed by atoms with van der Waals surface area (Å²) in [6.45, 7) is 2.20. The first kappa shape index (κ1) is 8.29. The third-order valence-electron chi connectivity index (χ3n) is 2.32. The molecule has 0 aliphatic heterocycles. The Bertz CT molecular complexity index is 306. The second kappa shape index (κ2) is 2.87. The van der Waals surface area contributed by atoms with Gasteiger partial charge in [0.25, 0.3) is 0 Å². The Morgan fingerprint density at radius 2 is 2.00 bits per heavy atom. The lowest BCUT2D eigenvalue weighted by Crippen LogP contribution is -2.17. The first-order valence-corrected chi connectivity index (χ1v) is 4.50. The topological polar surface area (TPSA) is 49.8 Å². The molecule has 1 saturated carbocycles. The molecule has 13 heavy (non-hydrogen) atoms. The summed E-state index contributed by atoms with van der Waals surface area (Å²) in [5.74, 6) is 1.65. The van der Waals surface area contributed by atoms with E-state index in [0.717, 1.165) is 11.6 Å². The van der Waals surface area contributed by atoms with E-state index in [1.807, 2.05) is 7.05 Å². The highest BCUT2D eigenvalue weighted by Gasteiger charge is 2.37. The molecule has 1 aromatic heterocycles. The fourth-order valence-corrected chi connectivity index (χ4v) is 1.17. The minimum absolute atomic E-state index is 0.265. The summed E-state index contributed by atoms with van der Waals surface area (Å²) >= 11 is 0. The maximum Gasteiger partial charge on any atom is 0.147 e. The summed E-state index contributed by atoms with van der Waals surface area (Å²) in [6.07, 6.45) is 5.90. The quantitative estimate of drug-likeness (QED) is 0.736. The Balaban J connectivity index is 2.11. The average Bonchev–Trinajstić information content (AvgIpc) is 2.84. The van der Waals surface area contributed by atoms with Gasteiger partial charge in [-0.1, -0.05) is 0 Å². The molecule has 0 unspecified atom stereocenters. The van der Waals surface area contributed by atoms with Gasteiger partial charge in [-0.15, -0.1) is 0 Å². The van der Waals surface area contributed by atoms with E-state index in [2.05, 4.69) is 27.5 Å². The molecule has 2 rings (SSSR count). The molecule has 0 amide bonds. The molecule has 0 atom stereocenters. The zero-order valence-corrected chi connectivity index (χ0v) is 7.96. The minimum Gasteiger partial charge on any atom is -0.372 e. The van der Waals surface area contributed by atoms with Crippen LogP contribution in [-0.2, 0) is 0 Å². The molecule has 4 heteroatoms. The lowest BCUT2D eigenvalue weighted by molar-refractivity contribution is 0.819. The number of nitrogens with zero attached hydrogens (tertiary/aromatic N) is 2. The number of hydrogen-bond donors (Lipinski definition) is 2. The molecule has 2 N–H and O–H groups in total. The normalized spacial score (nSPS) is 18.0. The SMILES string of the molecule is CNc1cncc(NC2(C)CC2)n1. The molecule has 1 aliphatic carbocycles. The maximum atomic E-state index is 4.33. The molecule has 0 radical (unpaired) electrons. The molecule has 1 aromatic rings. The summed E-state index contributed by atoms with van der Waals surface area (Å²) in [5, 5.41) is 6.31. The summed E-state index contributed by atoms with van der Waals surface area (Å²) in [4.78, 5) is 8.41. The van der Waals surface area contributed by atoms with E-state index in [4.69, 9.17) is 0 Å². The van der Waals surface area contributed by atoms with Crippen molar-refractivity contribution in [3.05, 3.63) is 12.4 Å². The van der Waals surface area contributed by atoms with Crippen molar-refractivity contribution in [2.75, 3.05) is 17.7 Å². The minimum atomic E-state index is 0.265. The smallest absolute Gasteiger partial charge is 0.147 e. The van der Waals surface area contributed by atoms with Crippen LogP contribution in [0.15, 0.2) is 12.4 Å². The predicted octanol–water partition coefficient (Wildman–Crippen LogP) is 1.48. The number of nitrogens with one attached hydrogen (secondary N) is 2. The van der Waals surface area contributed by atoms with Crippen LogP contribution in [0.3, 0.4) is 0 Å². The molecule has 0 saturated heterocycles. The van der Waals surface area contributed by atoms with Gasteiger partial charge in [-0.25, -0.2) is 4.98 Å². The monoisotopic (exact) mass is 178 g/mol. The lowest BCUT2D eigenvalue weighted by atomic mass is 10.3. The molecule has 0 spiro atoms. The second-order valence-electron chi connectivity index (χ2n) is 3.73. The van der Waals surface area contributed by atoms with Crippen LogP contribution < -0.4 is 10.6 Å². The van der Waals surface area contributed by atoms with E-state index in [-0.39, 0.29) is 5.54 Å². The zero-order chi connectivity index (χ0) is 9.31. The fraction of sp³-hybridized carbons (Fsp3) is 0.556. The highest BCUT2D eigenvalue weighted by molar-refractivity contribution is 5.44. The van der Waals surface area contributed by atoms with Crippen molar-refractivity contribution >= 4 is 11.6 Å². The van der Waals surface area contributed by atoms with E-state index in [1.54, 1.807) is 12.4 Å². The predicted molar refractivity (Wildman–Crippen MR) is 52.8 cm³/mol. The number of hydrogen-bond acceptors (Lipinski definition) is 4. The van der Waals surface area contributed by atoms with Crippen LogP contribution in [0.4, 0.5) is 11.6 Å². The molecule has 1 aliphatic rings. The molecule has 0 bridgehead atoms. The standard InChI is InChI=1S/C9H14N4/c1-9(3-4-9)13-8-6-11-5-7(10-2)12-8/h5-6H,3-4H2,1-2H3,(H2,10,12,13). The number of aromatic nitrogens is 2. The average molecular weight is 178 g/mol.